The van der Waals surface area contributed by atoms with Gasteiger partial charge in [0.2, 0.25) is 10.0 Å². The second-order valence-electron chi connectivity index (χ2n) is 5.75. The molecule has 0 spiro atoms. The number of carbonyl (C=O) groups is 2. The molecular weight excluding hydrogens is 376 g/mol. The zero-order chi connectivity index (χ0) is 19.5. The van der Waals surface area contributed by atoms with E-state index in [2.05, 4.69) is 10.1 Å². The number of amides is 1. The van der Waals surface area contributed by atoms with Gasteiger partial charge in [0.1, 0.15) is 4.88 Å². The van der Waals surface area contributed by atoms with Crippen molar-refractivity contribution in [2.75, 3.05) is 19.5 Å². The number of nitrogens with zero attached hydrogens (tertiary/aromatic N) is 1. The second-order valence-corrected chi connectivity index (χ2v) is 8.67. The SMILES string of the molecule is COC(=O)c1sccc1NC(=O)c1cccc(S(=O)(=O)N(C)C(C)C)c1. The van der Waals surface area contributed by atoms with Crippen LogP contribution in [0.5, 0.6) is 0 Å². The number of benzene rings is 1. The molecule has 0 fully saturated rings. The molecule has 1 N–H and O–H groups in total. The summed E-state index contributed by atoms with van der Waals surface area (Å²) in [6.07, 6.45) is 0. The summed E-state index contributed by atoms with van der Waals surface area (Å²) in [4.78, 5) is 24.5. The fourth-order valence-corrected chi connectivity index (χ4v) is 4.27. The highest BCUT2D eigenvalue weighted by Gasteiger charge is 2.24. The maximum Gasteiger partial charge on any atom is 0.350 e. The number of methoxy groups -OCH3 is 1. The molecule has 0 aliphatic rings. The van der Waals surface area contributed by atoms with Crippen LogP contribution in [0.2, 0.25) is 0 Å². The van der Waals surface area contributed by atoms with Crippen molar-refractivity contribution < 1.29 is 22.7 Å². The zero-order valence-electron chi connectivity index (χ0n) is 14.8. The van der Waals surface area contributed by atoms with Crippen LogP contribution < -0.4 is 5.32 Å². The van der Waals surface area contributed by atoms with E-state index >= 15 is 0 Å². The van der Waals surface area contributed by atoms with Crippen molar-refractivity contribution in [3.05, 3.63) is 46.2 Å². The minimum Gasteiger partial charge on any atom is -0.465 e. The fourth-order valence-electron chi connectivity index (χ4n) is 2.09. The molecule has 9 heteroatoms. The predicted octanol–water partition coefficient (Wildman–Crippen LogP) is 2.82. The summed E-state index contributed by atoms with van der Waals surface area (Å²) >= 11 is 1.14. The number of ether oxygens (including phenoxy) is 1. The summed E-state index contributed by atoms with van der Waals surface area (Å²) in [6.45, 7) is 3.53. The second kappa shape index (κ2) is 7.98. The summed E-state index contributed by atoms with van der Waals surface area (Å²) < 4.78 is 31.1. The highest BCUT2D eigenvalue weighted by Crippen LogP contribution is 2.24. The van der Waals surface area contributed by atoms with Gasteiger partial charge in [-0.2, -0.15) is 4.31 Å². The van der Waals surface area contributed by atoms with Gasteiger partial charge in [-0.3, -0.25) is 4.79 Å². The van der Waals surface area contributed by atoms with Crippen LogP contribution in [0.4, 0.5) is 5.69 Å². The molecule has 1 aromatic heterocycles. The van der Waals surface area contributed by atoms with E-state index < -0.39 is 21.9 Å². The topological polar surface area (TPSA) is 92.8 Å². The molecule has 7 nitrogen and oxygen atoms in total. The molecule has 2 aromatic rings. The molecular formula is C17H20N2O5S2. The van der Waals surface area contributed by atoms with Crippen LogP contribution in [0, 0.1) is 0 Å². The van der Waals surface area contributed by atoms with Crippen LogP contribution in [0.25, 0.3) is 0 Å². The van der Waals surface area contributed by atoms with Gasteiger partial charge in [-0.05, 0) is 43.5 Å². The molecule has 140 valence electrons. The molecule has 0 atom stereocenters. The lowest BCUT2D eigenvalue weighted by molar-refractivity contribution is 0.0607. The van der Waals surface area contributed by atoms with Crippen LogP contribution >= 0.6 is 11.3 Å². The van der Waals surface area contributed by atoms with Gasteiger partial charge in [-0.25, -0.2) is 13.2 Å². The van der Waals surface area contributed by atoms with Crippen LogP contribution in [0.15, 0.2) is 40.6 Å². The number of sulfonamides is 1. The van der Waals surface area contributed by atoms with Crippen molar-refractivity contribution in [2.45, 2.75) is 24.8 Å². The third kappa shape index (κ3) is 4.12. The molecule has 0 aliphatic heterocycles. The van der Waals surface area contributed by atoms with Gasteiger partial charge in [0.05, 0.1) is 17.7 Å². The van der Waals surface area contributed by atoms with Crippen LogP contribution in [-0.4, -0.2) is 44.8 Å². The lowest BCUT2D eigenvalue weighted by atomic mass is 10.2. The summed E-state index contributed by atoms with van der Waals surface area (Å²) in [5.41, 5.74) is 0.490. The molecule has 0 saturated carbocycles. The highest BCUT2D eigenvalue weighted by molar-refractivity contribution is 7.89. The Morgan fingerprint density at radius 1 is 1.23 bits per heavy atom. The normalized spacial score (nSPS) is 11.6. The monoisotopic (exact) mass is 396 g/mol. The van der Waals surface area contributed by atoms with Gasteiger partial charge in [-0.15, -0.1) is 11.3 Å². The highest BCUT2D eigenvalue weighted by atomic mass is 32.2. The third-order valence-electron chi connectivity index (χ3n) is 3.78. The van der Waals surface area contributed by atoms with E-state index in [1.54, 1.807) is 25.3 Å². The number of anilines is 1. The third-order valence-corrected chi connectivity index (χ3v) is 6.71. The molecule has 26 heavy (non-hydrogen) atoms. The summed E-state index contributed by atoms with van der Waals surface area (Å²) in [6, 6.07) is 7.13. The lowest BCUT2D eigenvalue weighted by Crippen LogP contribution is -2.33. The number of rotatable bonds is 6. The van der Waals surface area contributed by atoms with Gasteiger partial charge < -0.3 is 10.1 Å². The summed E-state index contributed by atoms with van der Waals surface area (Å²) in [5, 5.41) is 4.27. The first-order valence-electron chi connectivity index (χ1n) is 7.73. The standard InChI is InChI=1S/C17H20N2O5S2/c1-11(2)19(3)26(22,23)13-7-5-6-12(10-13)16(20)18-14-8-9-25-15(14)17(21)24-4/h5-11H,1-4H3,(H,18,20). The quantitative estimate of drug-likeness (QED) is 0.758. The van der Waals surface area contributed by atoms with Crippen LogP contribution in [0.3, 0.4) is 0 Å². The van der Waals surface area contributed by atoms with Gasteiger partial charge in [0.25, 0.3) is 5.91 Å². The number of hydrogen-bond donors (Lipinski definition) is 1. The minimum atomic E-state index is -3.70. The molecule has 0 radical (unpaired) electrons. The van der Waals surface area contributed by atoms with E-state index in [1.165, 1.54) is 42.7 Å². The van der Waals surface area contributed by atoms with Crippen LogP contribution in [-0.2, 0) is 14.8 Å². The Kier molecular flexibility index (Phi) is 6.17. The van der Waals surface area contributed by atoms with Crippen molar-refractivity contribution in [2.24, 2.45) is 0 Å². The Labute approximate surface area is 156 Å². The van der Waals surface area contributed by atoms with Gasteiger partial charge in [-0.1, -0.05) is 6.07 Å². The molecule has 2 rings (SSSR count). The van der Waals surface area contributed by atoms with E-state index in [0.717, 1.165) is 11.3 Å². The average molecular weight is 396 g/mol. The van der Waals surface area contributed by atoms with Crippen molar-refractivity contribution in [1.29, 1.82) is 0 Å². The van der Waals surface area contributed by atoms with Crippen molar-refractivity contribution in [3.63, 3.8) is 0 Å². The molecule has 0 unspecified atom stereocenters. The Morgan fingerprint density at radius 3 is 2.54 bits per heavy atom. The molecule has 0 aliphatic carbocycles. The van der Waals surface area contributed by atoms with Crippen molar-refractivity contribution in [1.82, 2.24) is 4.31 Å². The first-order chi connectivity index (χ1) is 12.2. The minimum absolute atomic E-state index is 0.0276. The Morgan fingerprint density at radius 2 is 1.92 bits per heavy atom. The molecule has 1 heterocycles. The molecule has 0 bridgehead atoms. The fraction of sp³-hybridized carbons (Fsp3) is 0.294. The Hall–Kier alpha value is -2.23. The first-order valence-corrected chi connectivity index (χ1v) is 10.1. The number of esters is 1. The number of thiophene rings is 1. The maximum atomic E-state index is 12.6. The molecule has 1 aromatic carbocycles. The lowest BCUT2D eigenvalue weighted by Gasteiger charge is -2.21. The largest absolute Gasteiger partial charge is 0.465 e. The van der Waals surface area contributed by atoms with E-state index in [9.17, 15) is 18.0 Å². The van der Waals surface area contributed by atoms with Crippen LogP contribution in [0.1, 0.15) is 33.9 Å². The molecule has 1 amide bonds. The predicted molar refractivity (Wildman–Crippen MR) is 100 cm³/mol. The summed E-state index contributed by atoms with van der Waals surface area (Å²) in [5.74, 6) is -1.07. The van der Waals surface area contributed by atoms with Gasteiger partial charge in [0.15, 0.2) is 0 Å². The number of hydrogen-bond acceptors (Lipinski definition) is 6. The van der Waals surface area contributed by atoms with E-state index in [4.69, 9.17) is 0 Å². The van der Waals surface area contributed by atoms with Crippen molar-refractivity contribution in [3.8, 4) is 0 Å². The van der Waals surface area contributed by atoms with E-state index in [0.29, 0.717) is 5.69 Å². The van der Waals surface area contributed by atoms with E-state index in [-0.39, 0.29) is 21.4 Å². The Bertz CT molecular complexity index is 919. The average Bonchev–Trinajstić information content (AvgIpc) is 3.08. The van der Waals surface area contributed by atoms with Gasteiger partial charge >= 0.3 is 5.97 Å². The number of carbonyl (C=O) groups excluding carboxylic acids is 2. The Balaban J connectivity index is 2.30. The summed E-state index contributed by atoms with van der Waals surface area (Å²) in [7, 11) is -0.957. The first kappa shape index (κ1) is 20.1. The smallest absolute Gasteiger partial charge is 0.350 e. The number of nitrogens with one attached hydrogen (secondary N) is 1. The maximum absolute atomic E-state index is 12.6. The zero-order valence-corrected chi connectivity index (χ0v) is 16.5. The van der Waals surface area contributed by atoms with Crippen molar-refractivity contribution >= 4 is 38.9 Å². The molecule has 0 saturated heterocycles. The van der Waals surface area contributed by atoms with Gasteiger partial charge in [0, 0.05) is 18.7 Å². The van der Waals surface area contributed by atoms with E-state index in [1.807, 2.05) is 0 Å².